The molecule has 7 nitrogen and oxygen atoms in total. The lowest BCUT2D eigenvalue weighted by molar-refractivity contribution is -0.119. The van der Waals surface area contributed by atoms with Crippen LogP contribution in [0.5, 0.6) is 5.75 Å². The first-order chi connectivity index (χ1) is 15.7. The summed E-state index contributed by atoms with van der Waals surface area (Å²) in [6.07, 6.45) is 2.56. The van der Waals surface area contributed by atoms with E-state index < -0.39 is 15.9 Å². The Kier molecular flexibility index (Phi) is 7.84. The van der Waals surface area contributed by atoms with Crippen LogP contribution in [-0.2, 0) is 21.4 Å². The Bertz CT molecular complexity index is 1220. The SMILES string of the molecule is Cc1ccc(C)c(N(CC(=O)N/N=C\c2ccc(OCc3ccccc3)cc2)S(C)(=O)=O)c1. The van der Waals surface area contributed by atoms with Crippen LogP contribution in [-0.4, -0.2) is 33.3 Å². The van der Waals surface area contributed by atoms with Crippen molar-refractivity contribution in [3.8, 4) is 5.75 Å². The molecule has 0 bridgehead atoms. The third-order valence-corrected chi connectivity index (χ3v) is 5.98. The number of hydrogen-bond acceptors (Lipinski definition) is 5. The number of anilines is 1. The first-order valence-electron chi connectivity index (χ1n) is 10.4. The van der Waals surface area contributed by atoms with E-state index in [4.69, 9.17) is 4.74 Å². The molecule has 0 aliphatic heterocycles. The number of amides is 1. The maximum Gasteiger partial charge on any atom is 0.260 e. The van der Waals surface area contributed by atoms with Gasteiger partial charge in [-0.1, -0.05) is 42.5 Å². The van der Waals surface area contributed by atoms with Crippen LogP contribution in [0.1, 0.15) is 22.3 Å². The summed E-state index contributed by atoms with van der Waals surface area (Å²) in [6.45, 7) is 3.77. The standard InChI is InChI=1S/C25H27N3O4S/c1-19-9-10-20(2)24(15-19)28(33(3,30)31)17-25(29)27-26-16-21-11-13-23(14-12-21)32-18-22-7-5-4-6-8-22/h4-16H,17-18H2,1-3H3,(H,27,29)/b26-16-. The summed E-state index contributed by atoms with van der Waals surface area (Å²) in [6, 6.07) is 22.6. The molecule has 0 saturated carbocycles. The van der Waals surface area contributed by atoms with Gasteiger partial charge in [-0.05, 0) is 66.4 Å². The van der Waals surface area contributed by atoms with Crippen LogP contribution in [0.3, 0.4) is 0 Å². The molecule has 1 N–H and O–H groups in total. The number of hydrogen-bond donors (Lipinski definition) is 1. The van der Waals surface area contributed by atoms with Gasteiger partial charge in [0.2, 0.25) is 10.0 Å². The average Bonchev–Trinajstić information content (AvgIpc) is 2.79. The normalized spacial score (nSPS) is 11.4. The highest BCUT2D eigenvalue weighted by Crippen LogP contribution is 2.23. The van der Waals surface area contributed by atoms with Gasteiger partial charge in [0.15, 0.2) is 0 Å². The van der Waals surface area contributed by atoms with Gasteiger partial charge in [-0.25, -0.2) is 13.8 Å². The molecular weight excluding hydrogens is 438 g/mol. The van der Waals surface area contributed by atoms with E-state index in [0.29, 0.717) is 12.3 Å². The highest BCUT2D eigenvalue weighted by atomic mass is 32.2. The van der Waals surface area contributed by atoms with Gasteiger partial charge in [0.1, 0.15) is 18.9 Å². The van der Waals surface area contributed by atoms with Crippen LogP contribution in [0, 0.1) is 13.8 Å². The van der Waals surface area contributed by atoms with Crippen molar-refractivity contribution in [3.63, 3.8) is 0 Å². The summed E-state index contributed by atoms with van der Waals surface area (Å²) in [5, 5.41) is 3.95. The number of benzene rings is 3. The number of nitrogens with zero attached hydrogens (tertiary/aromatic N) is 2. The van der Waals surface area contributed by atoms with Gasteiger partial charge in [0.25, 0.3) is 5.91 Å². The number of carbonyl (C=O) groups excluding carboxylic acids is 1. The minimum absolute atomic E-state index is 0.368. The first-order valence-corrected chi connectivity index (χ1v) is 12.2. The van der Waals surface area contributed by atoms with Crippen molar-refractivity contribution >= 4 is 27.8 Å². The van der Waals surface area contributed by atoms with Gasteiger partial charge in [-0.3, -0.25) is 9.10 Å². The van der Waals surface area contributed by atoms with Gasteiger partial charge >= 0.3 is 0 Å². The Balaban J connectivity index is 1.57. The number of ether oxygens (including phenoxy) is 1. The van der Waals surface area contributed by atoms with Gasteiger partial charge in [0, 0.05) is 0 Å². The fraction of sp³-hybridized carbons (Fsp3) is 0.200. The quantitative estimate of drug-likeness (QED) is 0.385. The number of aryl methyl sites for hydroxylation is 2. The molecule has 33 heavy (non-hydrogen) atoms. The lowest BCUT2D eigenvalue weighted by atomic mass is 10.1. The summed E-state index contributed by atoms with van der Waals surface area (Å²) < 4.78 is 31.4. The predicted molar refractivity (Wildman–Crippen MR) is 131 cm³/mol. The van der Waals surface area contributed by atoms with Gasteiger partial charge < -0.3 is 4.74 Å². The van der Waals surface area contributed by atoms with E-state index in [9.17, 15) is 13.2 Å². The lowest BCUT2D eigenvalue weighted by Gasteiger charge is -2.23. The highest BCUT2D eigenvalue weighted by Gasteiger charge is 2.22. The van der Waals surface area contributed by atoms with Crippen molar-refractivity contribution in [1.82, 2.24) is 5.43 Å². The van der Waals surface area contributed by atoms with Crippen molar-refractivity contribution in [3.05, 3.63) is 95.1 Å². The molecule has 3 aromatic carbocycles. The van der Waals surface area contributed by atoms with Gasteiger partial charge in [0.05, 0.1) is 18.2 Å². The Hall–Kier alpha value is -3.65. The molecule has 0 aliphatic rings. The molecule has 0 heterocycles. The maximum atomic E-state index is 12.4. The molecule has 3 aromatic rings. The number of carbonyl (C=O) groups is 1. The minimum atomic E-state index is -3.65. The van der Waals surface area contributed by atoms with Crippen molar-refractivity contribution in [2.24, 2.45) is 5.10 Å². The van der Waals surface area contributed by atoms with Crippen molar-refractivity contribution in [1.29, 1.82) is 0 Å². The topological polar surface area (TPSA) is 88.1 Å². The molecule has 3 rings (SSSR count). The second-order valence-electron chi connectivity index (χ2n) is 7.70. The van der Waals surface area contributed by atoms with E-state index in [-0.39, 0.29) is 6.54 Å². The van der Waals surface area contributed by atoms with Crippen LogP contribution in [0.2, 0.25) is 0 Å². The van der Waals surface area contributed by atoms with E-state index in [1.54, 1.807) is 13.0 Å². The summed E-state index contributed by atoms with van der Waals surface area (Å²) in [7, 11) is -3.65. The average molecular weight is 466 g/mol. The number of hydrazone groups is 1. The molecule has 0 atom stereocenters. The molecule has 0 saturated heterocycles. The second-order valence-corrected chi connectivity index (χ2v) is 9.60. The minimum Gasteiger partial charge on any atom is -0.489 e. The van der Waals surface area contributed by atoms with Gasteiger partial charge in [-0.15, -0.1) is 0 Å². The largest absolute Gasteiger partial charge is 0.489 e. The molecule has 8 heteroatoms. The molecule has 0 aliphatic carbocycles. The first kappa shape index (κ1) is 24.0. The van der Waals surface area contributed by atoms with Crippen LogP contribution in [0.4, 0.5) is 5.69 Å². The van der Waals surface area contributed by atoms with Crippen molar-refractivity contribution in [2.75, 3.05) is 17.1 Å². The molecule has 172 valence electrons. The molecule has 0 fully saturated rings. The highest BCUT2D eigenvalue weighted by molar-refractivity contribution is 7.92. The van der Waals surface area contributed by atoms with E-state index in [1.807, 2.05) is 73.7 Å². The van der Waals surface area contributed by atoms with Crippen molar-refractivity contribution in [2.45, 2.75) is 20.5 Å². The third-order valence-electron chi connectivity index (χ3n) is 4.85. The Morgan fingerprint density at radius 2 is 1.73 bits per heavy atom. The number of sulfonamides is 1. The van der Waals surface area contributed by atoms with Crippen LogP contribution >= 0.6 is 0 Å². The fourth-order valence-corrected chi connectivity index (χ4v) is 4.01. The van der Waals surface area contributed by atoms with Crippen LogP contribution in [0.25, 0.3) is 0 Å². The molecule has 0 radical (unpaired) electrons. The van der Waals surface area contributed by atoms with E-state index >= 15 is 0 Å². The van der Waals surface area contributed by atoms with Gasteiger partial charge in [-0.2, -0.15) is 5.10 Å². The molecule has 1 amide bonds. The molecule has 0 aromatic heterocycles. The molecule has 0 unspecified atom stereocenters. The van der Waals surface area contributed by atoms with E-state index in [1.165, 1.54) is 6.21 Å². The monoisotopic (exact) mass is 465 g/mol. The Labute approximate surface area is 194 Å². The second kappa shape index (κ2) is 10.8. The van der Waals surface area contributed by atoms with Crippen LogP contribution in [0.15, 0.2) is 77.9 Å². The number of nitrogens with one attached hydrogen (secondary N) is 1. The third kappa shape index (κ3) is 7.18. The zero-order chi connectivity index (χ0) is 23.8. The van der Waals surface area contributed by atoms with Crippen molar-refractivity contribution < 1.29 is 17.9 Å². The van der Waals surface area contributed by atoms with E-state index in [2.05, 4.69) is 10.5 Å². The zero-order valence-electron chi connectivity index (χ0n) is 18.9. The molecular formula is C25H27N3O4S. The maximum absolute atomic E-state index is 12.4. The van der Waals surface area contributed by atoms with Crippen LogP contribution < -0.4 is 14.5 Å². The Morgan fingerprint density at radius 1 is 1.03 bits per heavy atom. The molecule has 0 spiro atoms. The Morgan fingerprint density at radius 3 is 2.39 bits per heavy atom. The zero-order valence-corrected chi connectivity index (χ0v) is 19.7. The fourth-order valence-electron chi connectivity index (χ4n) is 3.10. The summed E-state index contributed by atoms with van der Waals surface area (Å²) >= 11 is 0. The number of rotatable bonds is 9. The lowest BCUT2D eigenvalue weighted by Crippen LogP contribution is -2.39. The smallest absolute Gasteiger partial charge is 0.260 e. The summed E-state index contributed by atoms with van der Waals surface area (Å²) in [5.41, 5.74) is 6.37. The summed E-state index contributed by atoms with van der Waals surface area (Å²) in [4.78, 5) is 12.4. The summed E-state index contributed by atoms with van der Waals surface area (Å²) in [5.74, 6) is 0.178. The van der Waals surface area contributed by atoms with E-state index in [0.717, 1.165) is 38.6 Å². The predicted octanol–water partition coefficient (Wildman–Crippen LogP) is 3.80.